The second-order valence-electron chi connectivity index (χ2n) is 5.91. The third-order valence-electron chi connectivity index (χ3n) is 2.89. The Bertz CT molecular complexity index is 445. The lowest BCUT2D eigenvalue weighted by Crippen LogP contribution is -2.44. The Kier molecular flexibility index (Phi) is 5.44. The molecule has 1 heterocycles. The van der Waals surface area contributed by atoms with Crippen molar-refractivity contribution in [2.45, 2.75) is 37.7 Å². The maximum absolute atomic E-state index is 12.1. The van der Waals surface area contributed by atoms with Gasteiger partial charge in [-0.15, -0.1) is 12.6 Å². The molecule has 118 valence electrons. The van der Waals surface area contributed by atoms with Gasteiger partial charge in [0, 0.05) is 13.0 Å². The highest BCUT2D eigenvalue weighted by atomic mass is 32.1. The van der Waals surface area contributed by atoms with Gasteiger partial charge in [-0.2, -0.15) is 0 Å². The van der Waals surface area contributed by atoms with Crippen molar-refractivity contribution in [2.24, 2.45) is 5.92 Å². The van der Waals surface area contributed by atoms with Gasteiger partial charge in [-0.05, 0) is 20.8 Å². The third kappa shape index (κ3) is 4.49. The van der Waals surface area contributed by atoms with Crippen molar-refractivity contribution in [1.29, 1.82) is 0 Å². The van der Waals surface area contributed by atoms with Gasteiger partial charge in [0.25, 0.3) is 0 Å². The minimum Gasteiger partial charge on any atom is -0.460 e. The first-order valence-electron chi connectivity index (χ1n) is 6.60. The molecule has 0 bridgehead atoms. The largest absolute Gasteiger partial charge is 0.460 e. The number of rotatable bonds is 4. The molecule has 7 heteroatoms. The number of ether oxygens (including phenoxy) is 2. The Morgan fingerprint density at radius 1 is 1.48 bits per heavy atom. The molecule has 6 nitrogen and oxygen atoms in total. The van der Waals surface area contributed by atoms with Gasteiger partial charge in [-0.25, -0.2) is 4.79 Å². The highest BCUT2D eigenvalue weighted by molar-refractivity contribution is 7.82. The first kappa shape index (κ1) is 17.6. The van der Waals surface area contributed by atoms with Crippen molar-refractivity contribution in [3.8, 4) is 0 Å². The van der Waals surface area contributed by atoms with Crippen LogP contribution in [-0.2, 0) is 19.1 Å². The van der Waals surface area contributed by atoms with Crippen molar-refractivity contribution >= 4 is 31.0 Å². The molecule has 0 aromatic carbocycles. The van der Waals surface area contributed by atoms with E-state index in [9.17, 15) is 14.4 Å². The standard InChI is InChI=1S/C14H21NO5S/c1-5-6-19-12(18)15-8-10(7-14(15,21)9-16)11(17)20-13(2,3)4/h5,9-10,21H,1,6-8H2,2-4H3. The second-order valence-corrected chi connectivity index (χ2v) is 6.68. The SMILES string of the molecule is C=CCOC(=O)N1CC(C(=O)OC(C)(C)C)CC1(S)C=O. The van der Waals surface area contributed by atoms with Crippen LogP contribution in [0.25, 0.3) is 0 Å². The molecule has 2 atom stereocenters. The Hall–Kier alpha value is -1.50. The highest BCUT2D eigenvalue weighted by Gasteiger charge is 2.49. The molecule has 0 aromatic heterocycles. The average Bonchev–Trinajstić information content (AvgIpc) is 2.73. The Labute approximate surface area is 129 Å². The molecule has 1 fully saturated rings. The molecule has 0 N–H and O–H groups in total. The minimum atomic E-state index is -1.36. The summed E-state index contributed by atoms with van der Waals surface area (Å²) in [6, 6.07) is 0. The first-order chi connectivity index (χ1) is 9.63. The zero-order chi connectivity index (χ0) is 16.3. The summed E-state index contributed by atoms with van der Waals surface area (Å²) in [7, 11) is 0. The molecular weight excluding hydrogens is 294 g/mol. The molecule has 0 spiro atoms. The van der Waals surface area contributed by atoms with Gasteiger partial charge in [0.1, 0.15) is 17.1 Å². The monoisotopic (exact) mass is 315 g/mol. The van der Waals surface area contributed by atoms with Crippen LogP contribution in [0.2, 0.25) is 0 Å². The maximum atomic E-state index is 12.1. The number of esters is 1. The average molecular weight is 315 g/mol. The Morgan fingerprint density at radius 3 is 2.57 bits per heavy atom. The number of thiol groups is 1. The van der Waals surface area contributed by atoms with Crippen LogP contribution >= 0.6 is 12.6 Å². The number of likely N-dealkylation sites (tertiary alicyclic amines) is 1. The van der Waals surface area contributed by atoms with Gasteiger partial charge in [-0.1, -0.05) is 12.7 Å². The molecule has 0 aromatic rings. The second kappa shape index (κ2) is 6.51. The van der Waals surface area contributed by atoms with E-state index >= 15 is 0 Å². The summed E-state index contributed by atoms with van der Waals surface area (Å²) in [5.41, 5.74) is -0.631. The van der Waals surface area contributed by atoms with Crippen molar-refractivity contribution in [1.82, 2.24) is 4.90 Å². The van der Waals surface area contributed by atoms with Gasteiger partial charge in [-0.3, -0.25) is 14.5 Å². The summed E-state index contributed by atoms with van der Waals surface area (Å²) in [6.07, 6.45) is 1.34. The Morgan fingerprint density at radius 2 is 2.10 bits per heavy atom. The van der Waals surface area contributed by atoms with E-state index in [1.54, 1.807) is 20.8 Å². The molecule has 0 aliphatic carbocycles. The summed E-state index contributed by atoms with van der Waals surface area (Å²) >= 11 is 4.23. The van der Waals surface area contributed by atoms with E-state index in [2.05, 4.69) is 19.2 Å². The lowest BCUT2D eigenvalue weighted by Gasteiger charge is -2.27. The molecule has 1 aliphatic rings. The van der Waals surface area contributed by atoms with E-state index in [1.807, 2.05) is 0 Å². The van der Waals surface area contributed by atoms with Gasteiger partial charge < -0.3 is 9.47 Å². The summed E-state index contributed by atoms with van der Waals surface area (Å²) in [5, 5.41) is 0. The Balaban J connectivity index is 2.82. The smallest absolute Gasteiger partial charge is 0.411 e. The van der Waals surface area contributed by atoms with E-state index in [0.29, 0.717) is 6.29 Å². The van der Waals surface area contributed by atoms with Crippen LogP contribution in [0.3, 0.4) is 0 Å². The fourth-order valence-electron chi connectivity index (χ4n) is 2.01. The van der Waals surface area contributed by atoms with Gasteiger partial charge in [0.2, 0.25) is 0 Å². The van der Waals surface area contributed by atoms with Crippen LogP contribution in [-0.4, -0.2) is 46.9 Å². The number of nitrogens with zero attached hydrogens (tertiary/aromatic N) is 1. The van der Waals surface area contributed by atoms with E-state index in [1.165, 1.54) is 6.08 Å². The topological polar surface area (TPSA) is 72.9 Å². The molecule has 1 saturated heterocycles. The van der Waals surface area contributed by atoms with Crippen LogP contribution < -0.4 is 0 Å². The normalized spacial score (nSPS) is 25.3. The van der Waals surface area contributed by atoms with E-state index in [-0.39, 0.29) is 19.6 Å². The van der Waals surface area contributed by atoms with Crippen LogP contribution in [0.1, 0.15) is 27.2 Å². The highest BCUT2D eigenvalue weighted by Crippen LogP contribution is 2.36. The number of aldehydes is 1. The molecule has 21 heavy (non-hydrogen) atoms. The summed E-state index contributed by atoms with van der Waals surface area (Å²) in [6.45, 7) is 8.76. The van der Waals surface area contributed by atoms with Crippen LogP contribution in [0.4, 0.5) is 4.79 Å². The van der Waals surface area contributed by atoms with E-state index in [0.717, 1.165) is 4.90 Å². The van der Waals surface area contributed by atoms with Crippen LogP contribution in [0, 0.1) is 5.92 Å². The lowest BCUT2D eigenvalue weighted by molar-refractivity contribution is -0.159. The molecular formula is C14H21NO5S. The predicted molar refractivity (Wildman–Crippen MR) is 80.0 cm³/mol. The number of hydrogen-bond acceptors (Lipinski definition) is 6. The zero-order valence-electron chi connectivity index (χ0n) is 12.5. The van der Waals surface area contributed by atoms with Crippen LogP contribution in [0.5, 0.6) is 0 Å². The summed E-state index contributed by atoms with van der Waals surface area (Å²) in [5.74, 6) is -1.06. The number of hydrogen-bond donors (Lipinski definition) is 1. The summed E-state index contributed by atoms with van der Waals surface area (Å²) in [4.78, 5) is 35.1. The van der Waals surface area contributed by atoms with Crippen molar-refractivity contribution in [3.63, 3.8) is 0 Å². The van der Waals surface area contributed by atoms with Crippen molar-refractivity contribution in [2.75, 3.05) is 13.2 Å². The van der Waals surface area contributed by atoms with Crippen LogP contribution in [0.15, 0.2) is 12.7 Å². The minimum absolute atomic E-state index is 0.0230. The fourth-order valence-corrected chi connectivity index (χ4v) is 2.39. The van der Waals surface area contributed by atoms with Gasteiger partial charge >= 0.3 is 12.1 Å². The maximum Gasteiger partial charge on any atom is 0.411 e. The molecule has 2 unspecified atom stereocenters. The third-order valence-corrected chi connectivity index (χ3v) is 3.42. The lowest BCUT2D eigenvalue weighted by atomic mass is 10.1. The molecule has 0 radical (unpaired) electrons. The summed E-state index contributed by atoms with van der Waals surface area (Å²) < 4.78 is 10.2. The molecule has 1 rings (SSSR count). The van der Waals surface area contributed by atoms with Crippen molar-refractivity contribution < 1.29 is 23.9 Å². The molecule has 1 aliphatic heterocycles. The zero-order valence-corrected chi connectivity index (χ0v) is 13.4. The number of carbonyl (C=O) groups excluding carboxylic acids is 3. The molecule has 1 amide bonds. The quantitative estimate of drug-likeness (QED) is 0.371. The number of carbonyl (C=O) groups is 3. The fraction of sp³-hybridized carbons (Fsp3) is 0.643. The number of amides is 1. The predicted octanol–water partition coefficient (Wildman–Crippen LogP) is 1.80. The molecule has 0 saturated carbocycles. The first-order valence-corrected chi connectivity index (χ1v) is 7.04. The van der Waals surface area contributed by atoms with Crippen molar-refractivity contribution in [3.05, 3.63) is 12.7 Å². The van der Waals surface area contributed by atoms with Gasteiger partial charge in [0.15, 0.2) is 6.29 Å². The van der Waals surface area contributed by atoms with E-state index in [4.69, 9.17) is 9.47 Å². The van der Waals surface area contributed by atoms with E-state index < -0.39 is 28.5 Å². The van der Waals surface area contributed by atoms with Gasteiger partial charge in [0.05, 0.1) is 5.92 Å².